The molecule has 326 valence electrons. The number of nitrogens with zero attached hydrogens (tertiary/aromatic N) is 1. The summed E-state index contributed by atoms with van der Waals surface area (Å²) in [6.45, 7) is 3.81. The fraction of sp³-hybridized carbons (Fsp3) is 0.652. The Bertz CT molecular complexity index is 1260. The fourth-order valence-corrected chi connectivity index (χ4v) is 5.85. The number of allylic oxidation sites excluding steroid dienone is 13. The Morgan fingerprint density at radius 1 is 0.667 bits per heavy atom. The molecule has 0 aromatic carbocycles. The van der Waals surface area contributed by atoms with Crippen LogP contribution < -0.4 is 4.89 Å². The second kappa shape index (κ2) is 37.4. The van der Waals surface area contributed by atoms with Crippen LogP contribution >= 0.6 is 7.82 Å². The van der Waals surface area contributed by atoms with Crippen LogP contribution in [-0.2, 0) is 32.7 Å². The standard InChI is InChI=1S/C46H78NO9P/c1-6-8-10-12-14-16-18-20-21-23-25-27-29-31-33-37-46(50)56-44(42-55-57(51,52)54-40-39-47(3,4)5)41-53-45(49)38-34-36-43(48)35-32-30-28-26-24-22-19-17-15-13-11-9-7-2/h8,10,14-17,20-22,24,28,30,32,35,43-44,48H,6-7,9,11-13,18-19,23,25-27,29,31,33-34,36-42H2,1-5H3/b10-8-,16-14-,17-15-,21-20-,24-22-,30-28-,35-32+/t43-,44-/m1/s1. The number of rotatable bonds is 37. The van der Waals surface area contributed by atoms with Crippen LogP contribution in [0.2, 0.25) is 0 Å². The maximum atomic E-state index is 12.7. The van der Waals surface area contributed by atoms with Crippen molar-refractivity contribution in [3.8, 4) is 0 Å². The number of aliphatic hydroxyl groups is 1. The number of phosphoric ester groups is 1. The summed E-state index contributed by atoms with van der Waals surface area (Å²) in [4.78, 5) is 37.5. The summed E-state index contributed by atoms with van der Waals surface area (Å²) < 4.78 is 33.7. The molecule has 0 amide bonds. The van der Waals surface area contributed by atoms with Crippen molar-refractivity contribution >= 4 is 19.8 Å². The van der Waals surface area contributed by atoms with Gasteiger partial charge in [0.15, 0.2) is 6.10 Å². The molecule has 0 saturated heterocycles. The van der Waals surface area contributed by atoms with Crippen LogP contribution in [0.4, 0.5) is 0 Å². The van der Waals surface area contributed by atoms with Crippen molar-refractivity contribution in [3.05, 3.63) is 85.1 Å². The molecule has 57 heavy (non-hydrogen) atoms. The molecule has 0 aromatic heterocycles. The summed E-state index contributed by atoms with van der Waals surface area (Å²) in [5, 5.41) is 10.3. The van der Waals surface area contributed by atoms with Gasteiger partial charge in [-0.25, -0.2) is 0 Å². The van der Waals surface area contributed by atoms with Gasteiger partial charge in [0.1, 0.15) is 19.8 Å². The first-order valence-corrected chi connectivity index (χ1v) is 22.9. The summed E-state index contributed by atoms with van der Waals surface area (Å²) in [5.41, 5.74) is 0. The van der Waals surface area contributed by atoms with Gasteiger partial charge in [-0.15, -0.1) is 0 Å². The largest absolute Gasteiger partial charge is 0.756 e. The molecule has 0 aliphatic rings. The van der Waals surface area contributed by atoms with Gasteiger partial charge in [-0.3, -0.25) is 14.2 Å². The number of carbonyl (C=O) groups is 2. The van der Waals surface area contributed by atoms with Crippen LogP contribution in [0.5, 0.6) is 0 Å². The highest BCUT2D eigenvalue weighted by Gasteiger charge is 2.21. The molecule has 0 aromatic rings. The highest BCUT2D eigenvalue weighted by Crippen LogP contribution is 2.38. The summed E-state index contributed by atoms with van der Waals surface area (Å²) in [5.74, 6) is -1.07. The number of unbranched alkanes of at least 4 members (excludes halogenated alkanes) is 8. The molecular formula is C46H78NO9P. The predicted molar refractivity (Wildman–Crippen MR) is 232 cm³/mol. The smallest absolute Gasteiger partial charge is 0.306 e. The van der Waals surface area contributed by atoms with E-state index < -0.39 is 38.6 Å². The topological polar surface area (TPSA) is 131 Å². The van der Waals surface area contributed by atoms with Crippen LogP contribution in [0, 0.1) is 0 Å². The number of quaternary nitrogens is 1. The van der Waals surface area contributed by atoms with Crippen molar-refractivity contribution in [2.75, 3.05) is 47.5 Å². The first-order valence-electron chi connectivity index (χ1n) is 21.4. The quantitative estimate of drug-likeness (QED) is 0.0162. The van der Waals surface area contributed by atoms with E-state index in [2.05, 4.69) is 74.6 Å². The molecule has 0 saturated carbocycles. The van der Waals surface area contributed by atoms with E-state index in [9.17, 15) is 24.2 Å². The normalized spacial score (nSPS) is 15.0. The van der Waals surface area contributed by atoms with Gasteiger partial charge in [0.2, 0.25) is 0 Å². The van der Waals surface area contributed by atoms with E-state index in [0.29, 0.717) is 30.3 Å². The maximum absolute atomic E-state index is 12.7. The lowest BCUT2D eigenvalue weighted by atomic mass is 10.1. The molecule has 1 unspecified atom stereocenters. The zero-order chi connectivity index (χ0) is 42.3. The van der Waals surface area contributed by atoms with E-state index in [1.165, 1.54) is 19.3 Å². The van der Waals surface area contributed by atoms with Crippen LogP contribution in [-0.4, -0.2) is 81.2 Å². The number of hydrogen-bond donors (Lipinski definition) is 1. The Kier molecular flexibility index (Phi) is 35.6. The third-order valence-corrected chi connectivity index (χ3v) is 9.47. The Labute approximate surface area is 346 Å². The van der Waals surface area contributed by atoms with Gasteiger partial charge in [-0.05, 0) is 77.0 Å². The lowest BCUT2D eigenvalue weighted by Crippen LogP contribution is -2.37. The molecule has 0 radical (unpaired) electrons. The Morgan fingerprint density at radius 2 is 1.23 bits per heavy atom. The number of ether oxygens (including phenoxy) is 2. The number of hydrogen-bond acceptors (Lipinski definition) is 9. The molecule has 11 heteroatoms. The zero-order valence-corrected chi connectivity index (χ0v) is 37.0. The Hall–Kier alpha value is -2.85. The summed E-state index contributed by atoms with van der Waals surface area (Å²) in [7, 11) is 1.04. The summed E-state index contributed by atoms with van der Waals surface area (Å²) >= 11 is 0. The second-order valence-electron chi connectivity index (χ2n) is 15.2. The highest BCUT2D eigenvalue weighted by molar-refractivity contribution is 7.45. The van der Waals surface area contributed by atoms with E-state index in [4.69, 9.17) is 18.5 Å². The number of aliphatic hydroxyl groups excluding tert-OH is 1. The van der Waals surface area contributed by atoms with Crippen molar-refractivity contribution in [1.82, 2.24) is 0 Å². The molecule has 3 atom stereocenters. The number of likely N-dealkylation sites (N-methyl/N-ethyl adjacent to an activating group) is 1. The average molecular weight is 820 g/mol. The van der Waals surface area contributed by atoms with Crippen molar-refractivity contribution in [2.24, 2.45) is 0 Å². The minimum absolute atomic E-state index is 0.0398. The van der Waals surface area contributed by atoms with Gasteiger partial charge in [-0.1, -0.05) is 131 Å². The Balaban J connectivity index is 4.62. The molecular weight excluding hydrogens is 741 g/mol. The van der Waals surface area contributed by atoms with Crippen LogP contribution in [0.1, 0.15) is 136 Å². The molecule has 0 spiro atoms. The molecule has 0 aliphatic carbocycles. The first-order chi connectivity index (χ1) is 27.4. The van der Waals surface area contributed by atoms with E-state index in [1.54, 1.807) is 12.2 Å². The molecule has 0 rings (SSSR count). The minimum atomic E-state index is -4.68. The third kappa shape index (κ3) is 41.1. The number of carbonyl (C=O) groups excluding carboxylic acids is 2. The van der Waals surface area contributed by atoms with Gasteiger partial charge < -0.3 is 33.0 Å². The van der Waals surface area contributed by atoms with E-state index >= 15 is 0 Å². The first kappa shape index (κ1) is 54.2. The predicted octanol–water partition coefficient (Wildman–Crippen LogP) is 10.4. The average Bonchev–Trinajstić information content (AvgIpc) is 3.15. The number of phosphoric acid groups is 1. The summed E-state index contributed by atoms with van der Waals surface area (Å²) in [6.07, 6.45) is 43.6. The SMILES string of the molecule is CC/C=C\C/C=C\C/C=C\CCCCCCCC(=O)O[C@H](COC(=O)CCC[C@H](O)/C=C/C=C\C/C=C\C/C=C\CCCCC)COP(=O)([O-])OCC[N+](C)(C)C. The molecule has 10 nitrogen and oxygen atoms in total. The van der Waals surface area contributed by atoms with E-state index in [1.807, 2.05) is 33.3 Å². The number of esters is 2. The molecule has 0 aliphatic heterocycles. The van der Waals surface area contributed by atoms with Crippen molar-refractivity contribution < 1.29 is 47.2 Å². The molecule has 0 fully saturated rings. The Morgan fingerprint density at radius 3 is 1.86 bits per heavy atom. The van der Waals surface area contributed by atoms with Gasteiger partial charge in [-0.2, -0.15) is 0 Å². The molecule has 1 N–H and O–H groups in total. The van der Waals surface area contributed by atoms with Crippen LogP contribution in [0.15, 0.2) is 85.1 Å². The lowest BCUT2D eigenvalue weighted by molar-refractivity contribution is -0.870. The summed E-state index contributed by atoms with van der Waals surface area (Å²) in [6, 6.07) is 0. The van der Waals surface area contributed by atoms with Crippen molar-refractivity contribution in [3.63, 3.8) is 0 Å². The van der Waals surface area contributed by atoms with Gasteiger partial charge in [0.05, 0.1) is 33.9 Å². The van der Waals surface area contributed by atoms with Gasteiger partial charge >= 0.3 is 11.9 Å². The zero-order valence-electron chi connectivity index (χ0n) is 36.1. The van der Waals surface area contributed by atoms with Crippen LogP contribution in [0.3, 0.4) is 0 Å². The molecule has 0 heterocycles. The highest BCUT2D eigenvalue weighted by atomic mass is 31.2. The monoisotopic (exact) mass is 820 g/mol. The van der Waals surface area contributed by atoms with Gasteiger partial charge in [0.25, 0.3) is 7.82 Å². The fourth-order valence-electron chi connectivity index (χ4n) is 5.12. The lowest BCUT2D eigenvalue weighted by Gasteiger charge is -2.28. The van der Waals surface area contributed by atoms with Crippen LogP contribution in [0.25, 0.3) is 0 Å². The van der Waals surface area contributed by atoms with E-state index in [-0.39, 0.29) is 26.1 Å². The third-order valence-electron chi connectivity index (χ3n) is 8.50. The minimum Gasteiger partial charge on any atom is -0.756 e. The second-order valence-corrected chi connectivity index (χ2v) is 16.6. The maximum Gasteiger partial charge on any atom is 0.306 e. The molecule has 0 bridgehead atoms. The van der Waals surface area contributed by atoms with E-state index in [0.717, 1.165) is 70.6 Å². The van der Waals surface area contributed by atoms with Gasteiger partial charge in [0, 0.05) is 12.8 Å². The van der Waals surface area contributed by atoms with Crippen molar-refractivity contribution in [2.45, 2.75) is 148 Å². The van der Waals surface area contributed by atoms with Crippen molar-refractivity contribution in [1.29, 1.82) is 0 Å².